The summed E-state index contributed by atoms with van der Waals surface area (Å²) in [4.78, 5) is 39.9. The Balaban J connectivity index is 1.69. The number of nitrogens with one attached hydrogen (secondary N) is 1. The molecule has 0 atom stereocenters. The first-order valence-electron chi connectivity index (χ1n) is 7.59. The van der Waals surface area contributed by atoms with Gasteiger partial charge in [-0.15, -0.1) is 0 Å². The maximum absolute atomic E-state index is 12.6. The first kappa shape index (κ1) is 14.7. The van der Waals surface area contributed by atoms with Crippen LogP contribution in [0.4, 0.5) is 4.79 Å². The Labute approximate surface area is 128 Å². The van der Waals surface area contributed by atoms with Gasteiger partial charge in [0, 0.05) is 12.6 Å². The molecule has 1 spiro atoms. The molecule has 0 aromatic heterocycles. The molecule has 6 nitrogen and oxygen atoms in total. The van der Waals surface area contributed by atoms with Crippen molar-refractivity contribution >= 4 is 29.6 Å². The second-order valence-corrected chi connectivity index (χ2v) is 7.15. The zero-order valence-electron chi connectivity index (χ0n) is 12.3. The molecule has 116 valence electrons. The molecule has 1 aliphatic carbocycles. The number of thioether (sulfide) groups is 1. The Hall–Kier alpha value is -1.24. The molecule has 21 heavy (non-hydrogen) atoms. The second-order valence-electron chi connectivity index (χ2n) is 5.93. The molecule has 4 amide bonds. The molecule has 2 saturated heterocycles. The third-order valence-electron chi connectivity index (χ3n) is 4.53. The van der Waals surface area contributed by atoms with Gasteiger partial charge in [-0.2, -0.15) is 11.8 Å². The van der Waals surface area contributed by atoms with Gasteiger partial charge in [0.15, 0.2) is 0 Å². The molecule has 1 N–H and O–H groups in total. The van der Waals surface area contributed by atoms with Gasteiger partial charge in [-0.3, -0.25) is 14.5 Å². The highest BCUT2D eigenvalue weighted by Gasteiger charge is 2.52. The van der Waals surface area contributed by atoms with E-state index in [9.17, 15) is 14.4 Å². The molecule has 0 aromatic carbocycles. The molecule has 3 fully saturated rings. The lowest BCUT2D eigenvalue weighted by Crippen LogP contribution is -2.50. The van der Waals surface area contributed by atoms with Gasteiger partial charge in [-0.05, 0) is 44.1 Å². The number of hydrogen-bond donors (Lipinski definition) is 1. The van der Waals surface area contributed by atoms with Crippen LogP contribution in [0.25, 0.3) is 0 Å². The van der Waals surface area contributed by atoms with Crippen molar-refractivity contribution in [3.8, 4) is 0 Å². The number of amides is 4. The maximum atomic E-state index is 12.6. The molecule has 3 aliphatic rings. The number of carbonyl (C=O) groups excluding carboxylic acids is 3. The molecule has 2 heterocycles. The molecule has 0 unspecified atom stereocenters. The van der Waals surface area contributed by atoms with Crippen LogP contribution in [0.15, 0.2) is 0 Å². The van der Waals surface area contributed by atoms with Crippen LogP contribution in [0.3, 0.4) is 0 Å². The Bertz CT molecular complexity index is 472. The molecule has 0 bridgehead atoms. The largest absolute Gasteiger partial charge is 0.338 e. The minimum Gasteiger partial charge on any atom is -0.338 e. The van der Waals surface area contributed by atoms with Gasteiger partial charge in [0.1, 0.15) is 12.1 Å². The Kier molecular flexibility index (Phi) is 3.86. The van der Waals surface area contributed by atoms with Gasteiger partial charge in [-0.1, -0.05) is 0 Å². The molecular formula is C14H21N3O3S. The van der Waals surface area contributed by atoms with Crippen LogP contribution >= 0.6 is 11.8 Å². The lowest BCUT2D eigenvalue weighted by molar-refractivity contribution is -0.139. The lowest BCUT2D eigenvalue weighted by Gasteiger charge is -2.30. The van der Waals surface area contributed by atoms with Crippen molar-refractivity contribution in [1.29, 1.82) is 0 Å². The van der Waals surface area contributed by atoms with Crippen molar-refractivity contribution in [2.24, 2.45) is 0 Å². The summed E-state index contributed by atoms with van der Waals surface area (Å²) in [6.07, 6.45) is 3.38. The first-order chi connectivity index (χ1) is 10.1. The zero-order valence-corrected chi connectivity index (χ0v) is 13.1. The van der Waals surface area contributed by atoms with Crippen LogP contribution < -0.4 is 5.32 Å². The summed E-state index contributed by atoms with van der Waals surface area (Å²) in [6.45, 7) is 2.45. The van der Waals surface area contributed by atoms with E-state index < -0.39 is 11.6 Å². The third-order valence-corrected chi connectivity index (χ3v) is 5.52. The summed E-state index contributed by atoms with van der Waals surface area (Å²) in [5.74, 6) is 1.41. The number of rotatable bonds is 4. The third kappa shape index (κ3) is 2.63. The Morgan fingerprint density at radius 1 is 1.38 bits per heavy atom. The van der Waals surface area contributed by atoms with Gasteiger partial charge in [0.05, 0.1) is 0 Å². The summed E-state index contributed by atoms with van der Waals surface area (Å²) < 4.78 is 0. The van der Waals surface area contributed by atoms with Crippen molar-refractivity contribution < 1.29 is 14.4 Å². The SMILES string of the molecule is CCN(C(=O)CN1C(=O)NC2(CCSCC2)C1=O)C1CC1. The van der Waals surface area contributed by atoms with E-state index in [2.05, 4.69) is 5.32 Å². The molecule has 7 heteroatoms. The number of carbonyl (C=O) groups is 3. The summed E-state index contributed by atoms with van der Waals surface area (Å²) in [6, 6.07) is -0.101. The van der Waals surface area contributed by atoms with Crippen molar-refractivity contribution in [3.05, 3.63) is 0 Å². The Morgan fingerprint density at radius 3 is 2.62 bits per heavy atom. The van der Waals surface area contributed by atoms with E-state index in [0.29, 0.717) is 25.4 Å². The average Bonchev–Trinajstić information content (AvgIpc) is 3.27. The number of hydrogen-bond acceptors (Lipinski definition) is 4. The molecule has 0 radical (unpaired) electrons. The fraction of sp³-hybridized carbons (Fsp3) is 0.786. The quantitative estimate of drug-likeness (QED) is 0.780. The van der Waals surface area contributed by atoms with Crippen LogP contribution in [0.1, 0.15) is 32.6 Å². The molecule has 0 aromatic rings. The van der Waals surface area contributed by atoms with Gasteiger partial charge < -0.3 is 10.2 Å². The zero-order chi connectivity index (χ0) is 15.0. The highest BCUT2D eigenvalue weighted by Crippen LogP contribution is 2.33. The fourth-order valence-electron chi connectivity index (χ4n) is 3.13. The van der Waals surface area contributed by atoms with Crippen molar-refractivity contribution in [2.75, 3.05) is 24.6 Å². The summed E-state index contributed by atoms with van der Waals surface area (Å²) >= 11 is 1.80. The second kappa shape index (κ2) is 5.51. The van der Waals surface area contributed by atoms with Crippen LogP contribution in [0.5, 0.6) is 0 Å². The molecule has 2 aliphatic heterocycles. The summed E-state index contributed by atoms with van der Waals surface area (Å²) in [5, 5.41) is 2.83. The van der Waals surface area contributed by atoms with Gasteiger partial charge in [-0.25, -0.2) is 4.79 Å². The number of imide groups is 1. The molecule has 3 rings (SSSR count). The predicted octanol–water partition coefficient (Wildman–Crippen LogP) is 0.815. The first-order valence-corrected chi connectivity index (χ1v) is 8.74. The van der Waals surface area contributed by atoms with E-state index in [1.807, 2.05) is 6.92 Å². The number of likely N-dealkylation sites (N-methyl/N-ethyl adjacent to an activating group) is 1. The van der Waals surface area contributed by atoms with E-state index in [1.165, 1.54) is 0 Å². The van der Waals surface area contributed by atoms with Gasteiger partial charge in [0.25, 0.3) is 5.91 Å². The molecule has 1 saturated carbocycles. The van der Waals surface area contributed by atoms with Crippen LogP contribution in [-0.2, 0) is 9.59 Å². The van der Waals surface area contributed by atoms with Crippen molar-refractivity contribution in [3.63, 3.8) is 0 Å². The van der Waals surface area contributed by atoms with Gasteiger partial charge in [0.2, 0.25) is 5.91 Å². The van der Waals surface area contributed by atoms with Crippen LogP contribution in [0, 0.1) is 0 Å². The van der Waals surface area contributed by atoms with E-state index >= 15 is 0 Å². The fourth-order valence-corrected chi connectivity index (χ4v) is 4.32. The van der Waals surface area contributed by atoms with E-state index in [0.717, 1.165) is 29.2 Å². The topological polar surface area (TPSA) is 69.7 Å². The standard InChI is InChI=1S/C14H21N3O3S/c1-2-16(10-3-4-10)11(18)9-17-12(19)14(15-13(17)20)5-7-21-8-6-14/h10H,2-9H2,1H3,(H,15,20). The Morgan fingerprint density at radius 2 is 2.05 bits per heavy atom. The lowest BCUT2D eigenvalue weighted by atomic mass is 9.92. The minimum absolute atomic E-state index is 0.120. The molecular weight excluding hydrogens is 290 g/mol. The van der Waals surface area contributed by atoms with E-state index in [1.54, 1.807) is 16.7 Å². The van der Waals surface area contributed by atoms with E-state index in [4.69, 9.17) is 0 Å². The predicted molar refractivity (Wildman–Crippen MR) is 79.9 cm³/mol. The highest BCUT2D eigenvalue weighted by atomic mass is 32.2. The minimum atomic E-state index is -0.751. The monoisotopic (exact) mass is 311 g/mol. The van der Waals surface area contributed by atoms with Crippen LogP contribution in [0.2, 0.25) is 0 Å². The summed E-state index contributed by atoms with van der Waals surface area (Å²) in [5.41, 5.74) is -0.751. The number of urea groups is 1. The number of nitrogens with zero attached hydrogens (tertiary/aromatic N) is 2. The van der Waals surface area contributed by atoms with Crippen LogP contribution in [-0.4, -0.2) is 63.8 Å². The highest BCUT2D eigenvalue weighted by molar-refractivity contribution is 7.99. The summed E-state index contributed by atoms with van der Waals surface area (Å²) in [7, 11) is 0. The maximum Gasteiger partial charge on any atom is 0.325 e. The van der Waals surface area contributed by atoms with Crippen molar-refractivity contribution in [2.45, 2.75) is 44.2 Å². The smallest absolute Gasteiger partial charge is 0.325 e. The normalized spacial score (nSPS) is 24.3. The van der Waals surface area contributed by atoms with Gasteiger partial charge >= 0.3 is 6.03 Å². The average molecular weight is 311 g/mol. The van der Waals surface area contributed by atoms with E-state index in [-0.39, 0.29) is 18.4 Å². The van der Waals surface area contributed by atoms with Crippen molar-refractivity contribution in [1.82, 2.24) is 15.1 Å².